The van der Waals surface area contributed by atoms with Gasteiger partial charge in [0.15, 0.2) is 0 Å². The standard InChI is InChI=1S/C14H16N2O2S2/c15-12-5-3-4-11(10-12)13-6-7-14(19-13)20(17,18)16-8-1-2-9-16/h3-7,10H,1-2,8-9,15H2. The minimum atomic E-state index is -3.32. The number of nitrogen functional groups attached to an aromatic ring is 1. The van der Waals surface area contributed by atoms with E-state index in [1.54, 1.807) is 10.4 Å². The topological polar surface area (TPSA) is 63.4 Å². The van der Waals surface area contributed by atoms with Crippen molar-refractivity contribution in [2.45, 2.75) is 17.1 Å². The fourth-order valence-corrected chi connectivity index (χ4v) is 5.34. The SMILES string of the molecule is Nc1cccc(-c2ccc(S(=O)(=O)N3CCCC3)s2)c1. The van der Waals surface area contributed by atoms with Crippen molar-refractivity contribution >= 4 is 27.0 Å². The van der Waals surface area contributed by atoms with Gasteiger partial charge in [-0.3, -0.25) is 0 Å². The Bertz CT molecular complexity index is 716. The molecule has 2 N–H and O–H groups in total. The average Bonchev–Trinajstić information content (AvgIpc) is 3.11. The monoisotopic (exact) mass is 308 g/mol. The first-order valence-corrected chi connectivity index (χ1v) is 8.79. The van der Waals surface area contributed by atoms with Crippen molar-refractivity contribution in [3.63, 3.8) is 0 Å². The third-order valence-electron chi connectivity index (χ3n) is 3.41. The number of thiophene rings is 1. The van der Waals surface area contributed by atoms with Crippen LogP contribution in [0.2, 0.25) is 0 Å². The van der Waals surface area contributed by atoms with Crippen LogP contribution in [0.4, 0.5) is 5.69 Å². The molecule has 0 aliphatic carbocycles. The quantitative estimate of drug-likeness (QED) is 0.887. The number of benzene rings is 1. The van der Waals surface area contributed by atoms with Gasteiger partial charge in [-0.2, -0.15) is 4.31 Å². The van der Waals surface area contributed by atoms with Crippen molar-refractivity contribution in [3.8, 4) is 10.4 Å². The number of hydrogen-bond acceptors (Lipinski definition) is 4. The summed E-state index contributed by atoms with van der Waals surface area (Å²) in [5, 5.41) is 0. The molecule has 1 aliphatic rings. The molecule has 0 unspecified atom stereocenters. The zero-order valence-electron chi connectivity index (χ0n) is 11.0. The molecule has 3 rings (SSSR count). The van der Waals surface area contributed by atoms with Crippen LogP contribution >= 0.6 is 11.3 Å². The highest BCUT2D eigenvalue weighted by molar-refractivity contribution is 7.91. The van der Waals surface area contributed by atoms with Crippen LogP contribution in [0.1, 0.15) is 12.8 Å². The molecule has 2 aromatic rings. The lowest BCUT2D eigenvalue weighted by Crippen LogP contribution is -2.27. The summed E-state index contributed by atoms with van der Waals surface area (Å²) in [6, 6.07) is 11.0. The van der Waals surface area contributed by atoms with Crippen LogP contribution in [0.15, 0.2) is 40.6 Å². The van der Waals surface area contributed by atoms with Crippen molar-refractivity contribution in [1.82, 2.24) is 4.31 Å². The molecule has 0 spiro atoms. The minimum absolute atomic E-state index is 0.414. The Morgan fingerprint density at radius 2 is 1.85 bits per heavy atom. The van der Waals surface area contributed by atoms with Crippen LogP contribution in [0.5, 0.6) is 0 Å². The van der Waals surface area contributed by atoms with Crippen molar-refractivity contribution in [3.05, 3.63) is 36.4 Å². The summed E-state index contributed by atoms with van der Waals surface area (Å²) in [5.41, 5.74) is 7.40. The van der Waals surface area contributed by atoms with Crippen molar-refractivity contribution in [2.75, 3.05) is 18.8 Å². The number of nitrogens with two attached hydrogens (primary N) is 1. The molecule has 0 amide bonds. The van der Waals surface area contributed by atoms with Gasteiger partial charge < -0.3 is 5.73 Å². The largest absolute Gasteiger partial charge is 0.399 e. The highest BCUT2D eigenvalue weighted by Crippen LogP contribution is 2.33. The molecule has 0 bridgehead atoms. The van der Waals surface area contributed by atoms with E-state index in [-0.39, 0.29) is 0 Å². The molecule has 6 heteroatoms. The molecule has 1 saturated heterocycles. The summed E-state index contributed by atoms with van der Waals surface area (Å²) in [5.74, 6) is 0. The molecule has 1 aliphatic heterocycles. The smallest absolute Gasteiger partial charge is 0.252 e. The maximum Gasteiger partial charge on any atom is 0.252 e. The molecular formula is C14H16N2O2S2. The number of anilines is 1. The number of nitrogens with zero attached hydrogens (tertiary/aromatic N) is 1. The zero-order valence-corrected chi connectivity index (χ0v) is 12.6. The van der Waals surface area contributed by atoms with Gasteiger partial charge in [-0.25, -0.2) is 8.42 Å². The maximum absolute atomic E-state index is 12.5. The fraction of sp³-hybridized carbons (Fsp3) is 0.286. The number of sulfonamides is 1. The Hall–Kier alpha value is -1.37. The Balaban J connectivity index is 1.94. The Labute approximate surface area is 122 Å². The maximum atomic E-state index is 12.5. The molecule has 1 aromatic carbocycles. The highest BCUT2D eigenvalue weighted by Gasteiger charge is 2.28. The molecule has 0 radical (unpaired) electrons. The summed E-state index contributed by atoms with van der Waals surface area (Å²) < 4.78 is 26.9. The van der Waals surface area contributed by atoms with Crippen LogP contribution in [-0.2, 0) is 10.0 Å². The second-order valence-electron chi connectivity index (χ2n) is 4.86. The third-order valence-corrected chi connectivity index (χ3v) is 6.91. The van der Waals surface area contributed by atoms with E-state index in [2.05, 4.69) is 0 Å². The van der Waals surface area contributed by atoms with Crippen molar-refractivity contribution in [2.24, 2.45) is 0 Å². The van der Waals surface area contributed by atoms with E-state index in [1.165, 1.54) is 11.3 Å². The van der Waals surface area contributed by atoms with Crippen LogP contribution in [0.3, 0.4) is 0 Å². The first-order valence-electron chi connectivity index (χ1n) is 6.53. The molecule has 4 nitrogen and oxygen atoms in total. The van der Waals surface area contributed by atoms with Crippen LogP contribution in [-0.4, -0.2) is 25.8 Å². The Morgan fingerprint density at radius 1 is 1.10 bits per heavy atom. The van der Waals surface area contributed by atoms with E-state index in [1.807, 2.05) is 30.3 Å². The lowest BCUT2D eigenvalue weighted by molar-refractivity contribution is 0.479. The summed E-state index contributed by atoms with van der Waals surface area (Å²) in [7, 11) is -3.32. The van der Waals surface area contributed by atoms with Gasteiger partial charge in [-0.15, -0.1) is 11.3 Å². The summed E-state index contributed by atoms with van der Waals surface area (Å²) in [6.45, 7) is 1.27. The normalized spacial score (nSPS) is 16.6. The van der Waals surface area contributed by atoms with Gasteiger partial charge in [0.25, 0.3) is 10.0 Å². The van der Waals surface area contributed by atoms with E-state index >= 15 is 0 Å². The lowest BCUT2D eigenvalue weighted by atomic mass is 10.2. The Kier molecular flexibility index (Phi) is 3.54. The molecule has 20 heavy (non-hydrogen) atoms. The fourth-order valence-electron chi connectivity index (χ4n) is 2.36. The van der Waals surface area contributed by atoms with Gasteiger partial charge >= 0.3 is 0 Å². The van der Waals surface area contributed by atoms with E-state index in [0.29, 0.717) is 23.0 Å². The second kappa shape index (κ2) is 5.20. The van der Waals surface area contributed by atoms with Gasteiger partial charge in [-0.05, 0) is 42.7 Å². The Morgan fingerprint density at radius 3 is 2.55 bits per heavy atom. The van der Waals surface area contributed by atoms with Gasteiger partial charge in [-0.1, -0.05) is 12.1 Å². The zero-order chi connectivity index (χ0) is 14.2. The summed E-state index contributed by atoms with van der Waals surface area (Å²) in [4.78, 5) is 0.926. The molecule has 1 aromatic heterocycles. The first kappa shape index (κ1) is 13.6. The molecular weight excluding hydrogens is 292 g/mol. The van der Waals surface area contributed by atoms with Gasteiger partial charge in [0.2, 0.25) is 0 Å². The molecule has 0 saturated carbocycles. The van der Waals surface area contributed by atoms with E-state index in [0.717, 1.165) is 23.3 Å². The molecule has 2 heterocycles. The predicted molar refractivity (Wildman–Crippen MR) is 82.2 cm³/mol. The first-order chi connectivity index (χ1) is 9.57. The summed E-state index contributed by atoms with van der Waals surface area (Å²) in [6.07, 6.45) is 1.90. The van der Waals surface area contributed by atoms with Crippen LogP contribution < -0.4 is 5.73 Å². The summed E-state index contributed by atoms with van der Waals surface area (Å²) >= 11 is 1.30. The number of hydrogen-bond donors (Lipinski definition) is 1. The predicted octanol–water partition coefficient (Wildman–Crippen LogP) is 2.78. The highest BCUT2D eigenvalue weighted by atomic mass is 32.2. The minimum Gasteiger partial charge on any atom is -0.399 e. The van der Waals surface area contributed by atoms with Crippen molar-refractivity contribution < 1.29 is 8.42 Å². The van der Waals surface area contributed by atoms with Gasteiger partial charge in [0, 0.05) is 23.7 Å². The van der Waals surface area contributed by atoms with Crippen LogP contribution in [0.25, 0.3) is 10.4 Å². The lowest BCUT2D eigenvalue weighted by Gasteiger charge is -2.13. The molecule has 106 valence electrons. The van der Waals surface area contributed by atoms with Gasteiger partial charge in [0.05, 0.1) is 0 Å². The molecule has 1 fully saturated rings. The van der Waals surface area contributed by atoms with Crippen molar-refractivity contribution in [1.29, 1.82) is 0 Å². The second-order valence-corrected chi connectivity index (χ2v) is 8.10. The average molecular weight is 308 g/mol. The third kappa shape index (κ3) is 2.46. The van der Waals surface area contributed by atoms with Gasteiger partial charge in [0.1, 0.15) is 4.21 Å². The number of rotatable bonds is 3. The van der Waals surface area contributed by atoms with Crippen LogP contribution in [0, 0.1) is 0 Å². The van der Waals surface area contributed by atoms with E-state index in [9.17, 15) is 8.42 Å². The van der Waals surface area contributed by atoms with E-state index < -0.39 is 10.0 Å². The van der Waals surface area contributed by atoms with E-state index in [4.69, 9.17) is 5.73 Å². The molecule has 0 atom stereocenters.